The molecule has 0 aliphatic carbocycles. The molecule has 0 heterocycles. The number of aryl methyl sites for hydroxylation is 4. The average molecular weight is 527 g/mol. The van der Waals surface area contributed by atoms with Crippen LogP contribution >= 0.6 is 17.2 Å². The van der Waals surface area contributed by atoms with Gasteiger partial charge in [-0.3, -0.25) is 0 Å². The summed E-state index contributed by atoms with van der Waals surface area (Å²) >= 11 is 0. The van der Waals surface area contributed by atoms with Crippen molar-refractivity contribution in [2.24, 2.45) is 0 Å². The van der Waals surface area contributed by atoms with Crippen LogP contribution in [0.4, 0.5) is 0 Å². The van der Waals surface area contributed by atoms with E-state index in [-0.39, 0.29) is 0 Å². The van der Waals surface area contributed by atoms with Gasteiger partial charge >= 0.3 is 0 Å². The van der Waals surface area contributed by atoms with Gasteiger partial charge in [0.05, 0.1) is 0 Å². The minimum absolute atomic E-state index is 0.592. The summed E-state index contributed by atoms with van der Waals surface area (Å²) in [5.74, 6) is 0. The second-order valence-corrected chi connectivity index (χ2v) is 13.2. The maximum Gasteiger partial charge on any atom is -0.00150 e. The van der Waals surface area contributed by atoms with Crippen LogP contribution in [0.3, 0.4) is 0 Å². The van der Waals surface area contributed by atoms with Gasteiger partial charge in [0.15, 0.2) is 0 Å². The van der Waals surface area contributed by atoms with Gasteiger partial charge in [0, 0.05) is 0 Å². The monoisotopic (exact) mass is 526 g/mol. The first-order valence-corrected chi connectivity index (χ1v) is 15.2. The molecule has 186 valence electrons. The zero-order valence-corrected chi connectivity index (χ0v) is 24.4. The fourth-order valence-electron chi connectivity index (χ4n) is 5.69. The van der Waals surface area contributed by atoms with Gasteiger partial charge in [-0.05, 0) is 81.6 Å². The number of benzene rings is 6. The third-order valence-corrected chi connectivity index (χ3v) is 9.64. The Bertz CT molecular complexity index is 1640. The Balaban J connectivity index is 1.64. The lowest BCUT2D eigenvalue weighted by Crippen LogP contribution is -2.14. The van der Waals surface area contributed by atoms with E-state index in [1.165, 1.54) is 76.1 Å². The molecule has 0 radical (unpaired) electrons. The van der Waals surface area contributed by atoms with Gasteiger partial charge in [-0.25, -0.2) is 0 Å². The van der Waals surface area contributed by atoms with Gasteiger partial charge in [0.25, 0.3) is 0 Å². The standard InChI is InChI=1S/C36H32P2/c1-23-17-24(2)20-29(19-23)37-33-15-13-27-9-5-7-11-31(27)35(33)36-32-12-8-6-10-28(32)14-16-34(36)38-30-21-25(3)18-26(4)22-30/h5-22,37-38H,1-4H3. The molecule has 38 heavy (non-hydrogen) atoms. The van der Waals surface area contributed by atoms with Gasteiger partial charge in [-0.15, -0.1) is 0 Å². The molecule has 0 aliphatic rings. The highest BCUT2D eigenvalue weighted by Gasteiger charge is 2.18. The van der Waals surface area contributed by atoms with Crippen LogP contribution in [0.1, 0.15) is 22.3 Å². The van der Waals surface area contributed by atoms with Crippen molar-refractivity contribution in [3.8, 4) is 11.1 Å². The summed E-state index contributed by atoms with van der Waals surface area (Å²) in [6.07, 6.45) is 0. The highest BCUT2D eigenvalue weighted by molar-refractivity contribution is 7.56. The minimum Gasteiger partial charge on any atom is -0.0616 e. The molecule has 6 aromatic rings. The number of hydrogen-bond donors (Lipinski definition) is 0. The molecular formula is C36H32P2. The van der Waals surface area contributed by atoms with Crippen molar-refractivity contribution >= 4 is 59.9 Å². The summed E-state index contributed by atoms with van der Waals surface area (Å²) in [4.78, 5) is 0. The van der Waals surface area contributed by atoms with Crippen LogP contribution in [0, 0.1) is 27.7 Å². The van der Waals surface area contributed by atoms with E-state index in [0.29, 0.717) is 17.2 Å². The summed E-state index contributed by atoms with van der Waals surface area (Å²) in [7, 11) is 1.18. The topological polar surface area (TPSA) is 0 Å². The van der Waals surface area contributed by atoms with Crippen LogP contribution in [-0.2, 0) is 0 Å². The lowest BCUT2D eigenvalue weighted by atomic mass is 9.93. The van der Waals surface area contributed by atoms with Gasteiger partial charge in [-0.2, -0.15) is 0 Å². The summed E-state index contributed by atoms with van der Waals surface area (Å²) in [6, 6.07) is 41.1. The fourth-order valence-corrected chi connectivity index (χ4v) is 8.62. The highest BCUT2D eigenvalue weighted by atomic mass is 31.1. The minimum atomic E-state index is 0.592. The molecule has 0 aromatic heterocycles. The van der Waals surface area contributed by atoms with Crippen molar-refractivity contribution in [1.82, 2.24) is 0 Å². The lowest BCUT2D eigenvalue weighted by Gasteiger charge is -2.20. The maximum absolute atomic E-state index is 2.37. The quantitative estimate of drug-likeness (QED) is 0.199. The van der Waals surface area contributed by atoms with E-state index in [9.17, 15) is 0 Å². The molecule has 2 atom stereocenters. The Labute approximate surface area is 229 Å². The molecule has 6 rings (SSSR count). The second kappa shape index (κ2) is 10.5. The normalized spacial score (nSPS) is 12.0. The van der Waals surface area contributed by atoms with Crippen molar-refractivity contribution in [3.63, 3.8) is 0 Å². The van der Waals surface area contributed by atoms with Gasteiger partial charge in [-0.1, -0.05) is 149 Å². The SMILES string of the molecule is Cc1cc(C)cc(Pc2ccc3ccccc3c2-c2c(Pc3cc(C)cc(C)c3)ccc3ccccc23)c1. The van der Waals surface area contributed by atoms with E-state index in [0.717, 1.165) is 0 Å². The van der Waals surface area contributed by atoms with Gasteiger partial charge in [0.2, 0.25) is 0 Å². The zero-order chi connectivity index (χ0) is 26.2. The van der Waals surface area contributed by atoms with E-state index in [2.05, 4.69) is 137 Å². The van der Waals surface area contributed by atoms with Gasteiger partial charge < -0.3 is 0 Å². The van der Waals surface area contributed by atoms with E-state index >= 15 is 0 Å². The maximum atomic E-state index is 2.37. The zero-order valence-electron chi connectivity index (χ0n) is 22.4. The summed E-state index contributed by atoms with van der Waals surface area (Å²) in [5.41, 5.74) is 8.11. The average Bonchev–Trinajstić information content (AvgIpc) is 2.88. The highest BCUT2D eigenvalue weighted by Crippen LogP contribution is 2.37. The molecule has 6 aromatic carbocycles. The predicted molar refractivity (Wildman–Crippen MR) is 174 cm³/mol. The first-order chi connectivity index (χ1) is 18.4. The third kappa shape index (κ3) is 5.05. The number of hydrogen-bond acceptors (Lipinski definition) is 0. The molecule has 0 nitrogen and oxygen atoms in total. The van der Waals surface area contributed by atoms with Crippen molar-refractivity contribution < 1.29 is 0 Å². The van der Waals surface area contributed by atoms with E-state index < -0.39 is 0 Å². The van der Waals surface area contributed by atoms with Crippen molar-refractivity contribution in [3.05, 3.63) is 131 Å². The Hall–Kier alpha value is -3.30. The molecule has 0 bridgehead atoms. The summed E-state index contributed by atoms with van der Waals surface area (Å²) < 4.78 is 0. The van der Waals surface area contributed by atoms with Crippen LogP contribution in [0.2, 0.25) is 0 Å². The second-order valence-electron chi connectivity index (χ2n) is 10.4. The predicted octanol–water partition coefficient (Wildman–Crippen LogP) is 8.15. The fraction of sp³-hybridized carbons (Fsp3) is 0.111. The first-order valence-electron chi connectivity index (χ1n) is 13.2. The molecule has 0 fully saturated rings. The smallest absolute Gasteiger partial charge is 0.00150 e. The molecule has 0 N–H and O–H groups in total. The molecule has 0 saturated heterocycles. The van der Waals surface area contributed by atoms with Crippen LogP contribution in [-0.4, -0.2) is 0 Å². The number of rotatable bonds is 5. The van der Waals surface area contributed by atoms with Crippen LogP contribution in [0.25, 0.3) is 32.7 Å². The summed E-state index contributed by atoms with van der Waals surface area (Å²) in [5, 5.41) is 10.9. The van der Waals surface area contributed by atoms with E-state index in [4.69, 9.17) is 0 Å². The summed E-state index contributed by atoms with van der Waals surface area (Å²) in [6.45, 7) is 8.82. The van der Waals surface area contributed by atoms with Crippen molar-refractivity contribution in [2.45, 2.75) is 27.7 Å². The Morgan fingerprint density at radius 1 is 0.395 bits per heavy atom. The molecule has 0 amide bonds. The lowest BCUT2D eigenvalue weighted by molar-refractivity contribution is 1.40. The van der Waals surface area contributed by atoms with E-state index in [1.807, 2.05) is 0 Å². The molecular weight excluding hydrogens is 494 g/mol. The molecule has 0 saturated carbocycles. The van der Waals surface area contributed by atoms with Crippen LogP contribution < -0.4 is 21.2 Å². The molecule has 0 aliphatic heterocycles. The van der Waals surface area contributed by atoms with Crippen LogP contribution in [0.15, 0.2) is 109 Å². The van der Waals surface area contributed by atoms with Crippen molar-refractivity contribution in [1.29, 1.82) is 0 Å². The van der Waals surface area contributed by atoms with E-state index in [1.54, 1.807) is 0 Å². The third-order valence-electron chi connectivity index (χ3n) is 7.11. The Morgan fingerprint density at radius 2 is 0.763 bits per heavy atom. The first kappa shape index (κ1) is 25.0. The van der Waals surface area contributed by atoms with Crippen LogP contribution in [0.5, 0.6) is 0 Å². The number of fused-ring (bicyclic) bond motifs is 2. The molecule has 2 unspecified atom stereocenters. The van der Waals surface area contributed by atoms with Crippen molar-refractivity contribution in [2.75, 3.05) is 0 Å². The molecule has 2 heteroatoms. The Morgan fingerprint density at radius 3 is 1.16 bits per heavy atom. The van der Waals surface area contributed by atoms with Gasteiger partial charge in [0.1, 0.15) is 0 Å². The Kier molecular flexibility index (Phi) is 6.88. The largest absolute Gasteiger partial charge is 0.0616 e. The molecule has 0 spiro atoms.